The Hall–Kier alpha value is -1.97. The minimum absolute atomic E-state index is 0.0430. The highest BCUT2D eigenvalue weighted by molar-refractivity contribution is 5.80. The van der Waals surface area contributed by atoms with Crippen LogP contribution in [0.5, 0.6) is 0 Å². The van der Waals surface area contributed by atoms with E-state index in [2.05, 4.69) is 11.9 Å². The fraction of sp³-hybridized carbons (Fsp3) is 0.828. The quantitative estimate of drug-likeness (QED) is 0.111. The van der Waals surface area contributed by atoms with Gasteiger partial charge in [-0.25, -0.2) is 0 Å². The minimum Gasteiger partial charge on any atom is -0.379 e. The maximum absolute atomic E-state index is 11.9. The summed E-state index contributed by atoms with van der Waals surface area (Å²) in [5.41, 5.74) is 0.637. The normalized spacial score (nSPS) is 11.0. The topological polar surface area (TPSA) is 140 Å². The second kappa shape index (κ2) is 30.5. The first-order valence-electron chi connectivity index (χ1n) is 14.7. The summed E-state index contributed by atoms with van der Waals surface area (Å²) in [7, 11) is 0. The van der Waals surface area contributed by atoms with Gasteiger partial charge in [-0.15, -0.1) is 0 Å². The minimum atomic E-state index is -0.135. The van der Waals surface area contributed by atoms with Gasteiger partial charge in [-0.1, -0.05) is 13.5 Å². The molecular weight excluding hydrogens is 552 g/mol. The predicted molar refractivity (Wildman–Crippen MR) is 156 cm³/mol. The van der Waals surface area contributed by atoms with Gasteiger partial charge >= 0.3 is 0 Å². The van der Waals surface area contributed by atoms with Crippen LogP contribution in [0.15, 0.2) is 12.3 Å². The van der Waals surface area contributed by atoms with E-state index in [1.807, 2.05) is 0 Å². The van der Waals surface area contributed by atoms with Gasteiger partial charge in [-0.05, 0) is 13.8 Å². The number of hydrogen-bond donors (Lipinski definition) is 1. The first kappa shape index (κ1) is 40.0. The Bertz CT molecular complexity index is 694. The largest absolute Gasteiger partial charge is 0.379 e. The molecule has 1 N–H and O–H groups in total. The summed E-state index contributed by atoms with van der Waals surface area (Å²) in [5.74, 6) is -0.0582. The summed E-state index contributed by atoms with van der Waals surface area (Å²) < 4.78 is 43.2. The molecule has 0 bridgehead atoms. The molecule has 0 aliphatic heterocycles. The molecule has 0 radical (unpaired) electrons. The number of ether oxygens (including phenoxy) is 8. The Kier molecular flexibility index (Phi) is 29.1. The SMILES string of the molecule is C=C(C)N(CCC(=O)NCCOCCOCCOCCOCCOCCOCCOCCOCCC(C)=O)C(=O)CC. The van der Waals surface area contributed by atoms with Gasteiger partial charge in [0, 0.05) is 38.0 Å². The van der Waals surface area contributed by atoms with E-state index < -0.39 is 0 Å². The van der Waals surface area contributed by atoms with Crippen molar-refractivity contribution < 1.29 is 52.3 Å². The lowest BCUT2D eigenvalue weighted by molar-refractivity contribution is -0.129. The number of nitrogens with one attached hydrogen (secondary N) is 1. The van der Waals surface area contributed by atoms with Crippen LogP contribution in [0.3, 0.4) is 0 Å². The number of nitrogens with zero attached hydrogens (tertiary/aromatic N) is 1. The van der Waals surface area contributed by atoms with Crippen molar-refractivity contribution in [2.45, 2.75) is 40.0 Å². The van der Waals surface area contributed by atoms with E-state index in [-0.39, 0.29) is 24.0 Å². The fourth-order valence-electron chi connectivity index (χ4n) is 3.14. The number of ketones is 1. The maximum Gasteiger partial charge on any atom is 0.226 e. The standard InChI is InChI=1S/C29H54N2O11/c1-5-29(34)31(26(2)3)9-6-28(33)30-8-11-36-13-15-38-17-19-40-21-23-42-25-24-41-22-20-39-18-16-37-14-12-35-10-7-27(4)32/h2,5-25H2,1,3-4H3,(H,30,33). The van der Waals surface area contributed by atoms with E-state index in [0.717, 1.165) is 0 Å². The highest BCUT2D eigenvalue weighted by Gasteiger charge is 2.13. The molecule has 0 heterocycles. The molecule has 42 heavy (non-hydrogen) atoms. The van der Waals surface area contributed by atoms with Crippen molar-refractivity contribution >= 4 is 17.6 Å². The number of amides is 2. The summed E-state index contributed by atoms with van der Waals surface area (Å²) in [6.45, 7) is 17.0. The van der Waals surface area contributed by atoms with Crippen LogP contribution in [0.4, 0.5) is 0 Å². The van der Waals surface area contributed by atoms with E-state index in [1.165, 1.54) is 4.90 Å². The van der Waals surface area contributed by atoms with Crippen molar-refractivity contribution in [1.82, 2.24) is 10.2 Å². The number of carbonyl (C=O) groups excluding carboxylic acids is 3. The van der Waals surface area contributed by atoms with E-state index in [0.29, 0.717) is 137 Å². The Balaban J connectivity index is 3.25. The van der Waals surface area contributed by atoms with Gasteiger partial charge < -0.3 is 48.1 Å². The van der Waals surface area contributed by atoms with Gasteiger partial charge in [0.15, 0.2) is 0 Å². The molecule has 0 spiro atoms. The monoisotopic (exact) mass is 606 g/mol. The van der Waals surface area contributed by atoms with Gasteiger partial charge in [-0.3, -0.25) is 14.4 Å². The van der Waals surface area contributed by atoms with Crippen LogP contribution in [-0.4, -0.2) is 141 Å². The third-order valence-corrected chi connectivity index (χ3v) is 5.40. The molecule has 0 aromatic carbocycles. The molecule has 13 heteroatoms. The number of hydrogen-bond acceptors (Lipinski definition) is 11. The van der Waals surface area contributed by atoms with Crippen molar-refractivity contribution in [3.63, 3.8) is 0 Å². The second-order valence-corrected chi connectivity index (χ2v) is 9.09. The number of rotatable bonds is 32. The molecule has 0 atom stereocenters. The molecule has 0 aliphatic rings. The van der Waals surface area contributed by atoms with Crippen LogP contribution < -0.4 is 5.32 Å². The van der Waals surface area contributed by atoms with E-state index in [1.54, 1.807) is 20.8 Å². The third-order valence-electron chi connectivity index (χ3n) is 5.40. The van der Waals surface area contributed by atoms with E-state index in [9.17, 15) is 14.4 Å². The zero-order valence-electron chi connectivity index (χ0n) is 26.0. The number of allylic oxidation sites excluding steroid dienone is 1. The van der Waals surface area contributed by atoms with E-state index in [4.69, 9.17) is 37.9 Å². The lowest BCUT2D eigenvalue weighted by Gasteiger charge is -2.21. The Morgan fingerprint density at radius 1 is 0.571 bits per heavy atom. The first-order valence-corrected chi connectivity index (χ1v) is 14.7. The van der Waals surface area contributed by atoms with Crippen LogP contribution in [0.2, 0.25) is 0 Å². The van der Waals surface area contributed by atoms with Gasteiger partial charge in [0.05, 0.1) is 106 Å². The van der Waals surface area contributed by atoms with Crippen LogP contribution in [-0.2, 0) is 52.3 Å². The molecule has 0 saturated heterocycles. The predicted octanol–water partition coefficient (Wildman–Crippen LogP) is 1.38. The van der Waals surface area contributed by atoms with Gasteiger partial charge in [0.2, 0.25) is 11.8 Å². The molecule has 0 saturated carbocycles. The second-order valence-electron chi connectivity index (χ2n) is 9.09. The Labute approximate surface area is 251 Å². The van der Waals surface area contributed by atoms with Crippen LogP contribution in [0, 0.1) is 0 Å². The molecule has 13 nitrogen and oxygen atoms in total. The maximum atomic E-state index is 11.9. The Morgan fingerprint density at radius 3 is 1.26 bits per heavy atom. The summed E-state index contributed by atoms with van der Waals surface area (Å²) >= 11 is 0. The molecule has 0 unspecified atom stereocenters. The summed E-state index contributed by atoms with van der Waals surface area (Å²) in [6.07, 6.45) is 1.03. The lowest BCUT2D eigenvalue weighted by Crippen LogP contribution is -2.34. The Morgan fingerprint density at radius 2 is 0.929 bits per heavy atom. The summed E-state index contributed by atoms with van der Waals surface area (Å²) in [4.78, 5) is 36.0. The molecule has 0 rings (SSSR count). The molecule has 0 aliphatic carbocycles. The van der Waals surface area contributed by atoms with Gasteiger partial charge in [-0.2, -0.15) is 0 Å². The number of Topliss-reactive ketones (excluding diaryl/α,β-unsaturated/α-hetero) is 1. The van der Waals surface area contributed by atoms with Crippen molar-refractivity contribution in [3.05, 3.63) is 12.3 Å². The average Bonchev–Trinajstić information content (AvgIpc) is 2.96. The van der Waals surface area contributed by atoms with Crippen LogP contribution >= 0.6 is 0 Å². The highest BCUT2D eigenvalue weighted by Crippen LogP contribution is 2.04. The average molecular weight is 607 g/mol. The van der Waals surface area contributed by atoms with Crippen molar-refractivity contribution in [2.75, 3.05) is 119 Å². The summed E-state index contributed by atoms with van der Waals surface area (Å²) in [5, 5.41) is 2.77. The van der Waals surface area contributed by atoms with Crippen LogP contribution in [0.25, 0.3) is 0 Å². The molecule has 0 aromatic rings. The lowest BCUT2D eigenvalue weighted by atomic mass is 10.3. The smallest absolute Gasteiger partial charge is 0.226 e. The summed E-state index contributed by atoms with van der Waals surface area (Å²) in [6, 6.07) is 0. The molecule has 0 fully saturated rings. The van der Waals surface area contributed by atoms with E-state index >= 15 is 0 Å². The van der Waals surface area contributed by atoms with Gasteiger partial charge in [0.25, 0.3) is 0 Å². The fourth-order valence-corrected chi connectivity index (χ4v) is 3.14. The van der Waals surface area contributed by atoms with Crippen molar-refractivity contribution in [2.24, 2.45) is 0 Å². The third kappa shape index (κ3) is 28.2. The zero-order chi connectivity index (χ0) is 31.1. The van der Waals surface area contributed by atoms with Gasteiger partial charge in [0.1, 0.15) is 5.78 Å². The molecule has 2 amide bonds. The van der Waals surface area contributed by atoms with Crippen molar-refractivity contribution in [3.8, 4) is 0 Å². The van der Waals surface area contributed by atoms with Crippen LogP contribution in [0.1, 0.15) is 40.0 Å². The van der Waals surface area contributed by atoms with Crippen molar-refractivity contribution in [1.29, 1.82) is 0 Å². The first-order chi connectivity index (χ1) is 20.4. The molecule has 0 aromatic heterocycles. The number of carbonyl (C=O) groups is 3. The molecular formula is C29H54N2O11. The zero-order valence-corrected chi connectivity index (χ0v) is 26.0. The highest BCUT2D eigenvalue weighted by atomic mass is 16.6. The molecule has 246 valence electrons.